The van der Waals surface area contributed by atoms with Crippen LogP contribution in [0.1, 0.15) is 62.5 Å². The monoisotopic (exact) mass is 572 g/mol. The molecule has 3 fully saturated rings. The summed E-state index contributed by atoms with van der Waals surface area (Å²) >= 11 is 1.09. The van der Waals surface area contributed by atoms with Crippen LogP contribution in [-0.2, 0) is 10.4 Å². The van der Waals surface area contributed by atoms with E-state index in [1.54, 1.807) is 18.4 Å². The van der Waals surface area contributed by atoms with Gasteiger partial charge >= 0.3 is 0 Å². The Morgan fingerprint density at radius 1 is 1.20 bits per heavy atom. The molecule has 40 heavy (non-hydrogen) atoms. The molecule has 4 aliphatic rings. The van der Waals surface area contributed by atoms with Crippen LogP contribution in [0.25, 0.3) is 0 Å². The van der Waals surface area contributed by atoms with E-state index < -0.39 is 51.7 Å². The first-order valence-corrected chi connectivity index (χ1v) is 14.4. The summed E-state index contributed by atoms with van der Waals surface area (Å²) in [4.78, 5) is 29.2. The predicted molar refractivity (Wildman–Crippen MR) is 143 cm³/mol. The molecule has 0 radical (unpaired) electrons. The Labute approximate surface area is 234 Å². The van der Waals surface area contributed by atoms with Crippen molar-refractivity contribution < 1.29 is 33.0 Å². The molecular formula is C30H31F3N2O4S. The molecule has 8 atom stereocenters. The second-order valence-electron chi connectivity index (χ2n) is 12.3. The summed E-state index contributed by atoms with van der Waals surface area (Å²) in [6.45, 7) is 5.54. The molecule has 8 unspecified atom stereocenters. The number of alkyl halides is 1. The number of hydrogen-bond acceptors (Lipinski definition) is 6. The van der Waals surface area contributed by atoms with Gasteiger partial charge in [-0.05, 0) is 74.8 Å². The highest BCUT2D eigenvalue weighted by atomic mass is 32.1. The minimum Gasteiger partial charge on any atom is -0.390 e. The first kappa shape index (κ1) is 27.4. The van der Waals surface area contributed by atoms with Crippen LogP contribution in [0.2, 0.25) is 0 Å². The first-order valence-electron chi connectivity index (χ1n) is 13.5. The van der Waals surface area contributed by atoms with E-state index in [1.807, 2.05) is 13.8 Å². The minimum absolute atomic E-state index is 0.00968. The molecule has 1 heterocycles. The average Bonchev–Trinajstić information content (AvgIpc) is 3.44. The Hall–Kier alpha value is -2.82. The van der Waals surface area contributed by atoms with Crippen LogP contribution in [0.3, 0.4) is 0 Å². The molecule has 212 valence electrons. The van der Waals surface area contributed by atoms with Gasteiger partial charge in [0.1, 0.15) is 5.60 Å². The molecule has 4 aliphatic carbocycles. The number of fused-ring (bicyclic) bond motifs is 5. The summed E-state index contributed by atoms with van der Waals surface area (Å²) in [6.07, 6.45) is 4.58. The van der Waals surface area contributed by atoms with Gasteiger partial charge in [-0.15, -0.1) is 11.3 Å². The number of rotatable bonds is 3. The van der Waals surface area contributed by atoms with Crippen molar-refractivity contribution in [3.05, 3.63) is 70.3 Å². The van der Waals surface area contributed by atoms with E-state index in [4.69, 9.17) is 0 Å². The number of nitrogens with one attached hydrogen (secondary N) is 1. The number of thiazole rings is 1. The molecule has 1 aromatic carbocycles. The van der Waals surface area contributed by atoms with E-state index in [-0.39, 0.29) is 34.7 Å². The van der Waals surface area contributed by atoms with E-state index in [0.29, 0.717) is 30.5 Å². The second-order valence-corrected chi connectivity index (χ2v) is 13.1. The number of hydrogen-bond donors (Lipinski definition) is 3. The maximum Gasteiger partial charge on any atom is 0.257 e. The van der Waals surface area contributed by atoms with Crippen molar-refractivity contribution in [2.24, 2.45) is 28.6 Å². The Morgan fingerprint density at radius 2 is 1.95 bits per heavy atom. The number of ketones is 1. The summed E-state index contributed by atoms with van der Waals surface area (Å²) < 4.78 is 44.3. The van der Waals surface area contributed by atoms with Crippen LogP contribution in [0.15, 0.2) is 47.4 Å². The molecule has 1 aromatic heterocycles. The summed E-state index contributed by atoms with van der Waals surface area (Å²) in [5.74, 6) is -4.21. The molecule has 6 nitrogen and oxygen atoms in total. The normalized spacial score (nSPS) is 40.2. The topological polar surface area (TPSA) is 99.5 Å². The van der Waals surface area contributed by atoms with Gasteiger partial charge < -0.3 is 10.2 Å². The SMILES string of the molecule is CC1CC2C3CCC4=CC(=O)C=CC4(C)C3(F)C(O)CC2(C)C1(O)c1csc(NC(=O)c2ccc(F)c(F)c2)n1. The first-order chi connectivity index (χ1) is 18.8. The Bertz CT molecular complexity index is 1490. The van der Waals surface area contributed by atoms with Gasteiger partial charge in [-0.2, -0.15) is 0 Å². The molecule has 0 bridgehead atoms. The fourth-order valence-electron chi connectivity index (χ4n) is 8.41. The van der Waals surface area contributed by atoms with E-state index in [1.165, 1.54) is 12.2 Å². The van der Waals surface area contributed by atoms with Crippen LogP contribution in [0, 0.1) is 40.2 Å². The molecule has 0 saturated heterocycles. The zero-order valence-electron chi connectivity index (χ0n) is 22.4. The number of aromatic nitrogens is 1. The van der Waals surface area contributed by atoms with Crippen molar-refractivity contribution in [2.75, 3.05) is 5.32 Å². The minimum atomic E-state index is -2.00. The highest BCUT2D eigenvalue weighted by Gasteiger charge is 2.74. The summed E-state index contributed by atoms with van der Waals surface area (Å²) in [7, 11) is 0. The zero-order valence-corrected chi connectivity index (χ0v) is 23.2. The van der Waals surface area contributed by atoms with Crippen LogP contribution in [0.4, 0.5) is 18.3 Å². The standard InChI is InChI=1S/C30H31F3N2O4S/c1-15-10-20-19-6-5-17-12-18(36)8-9-27(17,2)29(19,33)24(37)13-28(20,3)30(15,39)23-14-40-26(34-23)35-25(38)16-4-7-21(31)22(32)11-16/h4,7-9,11-12,14-15,19-20,24,37,39H,5-6,10,13H2,1-3H3,(H,34,35,38). The molecule has 0 aliphatic heterocycles. The Morgan fingerprint density at radius 3 is 2.67 bits per heavy atom. The number of aliphatic hydroxyl groups excluding tert-OH is 1. The third-order valence-electron chi connectivity index (χ3n) is 10.5. The smallest absolute Gasteiger partial charge is 0.257 e. The Kier molecular flexibility index (Phi) is 6.04. The van der Waals surface area contributed by atoms with Crippen molar-refractivity contribution in [1.82, 2.24) is 4.98 Å². The van der Waals surface area contributed by atoms with Crippen molar-refractivity contribution in [3.63, 3.8) is 0 Å². The fourth-order valence-corrected chi connectivity index (χ4v) is 9.16. The molecule has 6 rings (SSSR count). The molecule has 10 heteroatoms. The van der Waals surface area contributed by atoms with Crippen LogP contribution in [-0.4, -0.2) is 38.7 Å². The summed E-state index contributed by atoms with van der Waals surface area (Å²) in [6, 6.07) is 2.83. The fraction of sp³-hybridized carbons (Fsp3) is 0.500. The second kappa shape index (κ2) is 8.84. The third kappa shape index (κ3) is 3.45. The Balaban J connectivity index is 1.32. The number of amides is 1. The lowest BCUT2D eigenvalue weighted by molar-refractivity contribution is -0.223. The number of halogens is 3. The number of anilines is 1. The van der Waals surface area contributed by atoms with Crippen molar-refractivity contribution >= 4 is 28.2 Å². The number of benzene rings is 1. The molecule has 3 saturated carbocycles. The van der Waals surface area contributed by atoms with Crippen molar-refractivity contribution in [1.29, 1.82) is 0 Å². The lowest BCUT2D eigenvalue weighted by atomic mass is 9.44. The van der Waals surface area contributed by atoms with Crippen molar-refractivity contribution in [3.8, 4) is 0 Å². The molecule has 0 spiro atoms. The average molecular weight is 573 g/mol. The van der Waals surface area contributed by atoms with Crippen LogP contribution >= 0.6 is 11.3 Å². The van der Waals surface area contributed by atoms with Crippen LogP contribution in [0.5, 0.6) is 0 Å². The van der Waals surface area contributed by atoms with E-state index >= 15 is 4.39 Å². The number of carbonyl (C=O) groups excluding carboxylic acids is 2. The highest BCUT2D eigenvalue weighted by molar-refractivity contribution is 7.14. The lowest BCUT2D eigenvalue weighted by Crippen LogP contribution is -2.68. The van der Waals surface area contributed by atoms with Gasteiger partial charge in [0.2, 0.25) is 0 Å². The largest absolute Gasteiger partial charge is 0.390 e. The van der Waals surface area contributed by atoms with Crippen LogP contribution < -0.4 is 5.32 Å². The molecule has 2 aromatic rings. The van der Waals surface area contributed by atoms with Gasteiger partial charge in [-0.25, -0.2) is 18.2 Å². The van der Waals surface area contributed by atoms with Gasteiger partial charge in [0.15, 0.2) is 28.2 Å². The van der Waals surface area contributed by atoms with E-state index in [2.05, 4.69) is 10.3 Å². The number of aliphatic hydroxyl groups is 2. The lowest BCUT2D eigenvalue weighted by Gasteiger charge is -2.62. The van der Waals surface area contributed by atoms with Gasteiger partial charge in [0.05, 0.1) is 11.8 Å². The van der Waals surface area contributed by atoms with Gasteiger partial charge in [0, 0.05) is 27.7 Å². The maximum absolute atomic E-state index is 17.4. The number of nitrogens with zero attached hydrogens (tertiary/aromatic N) is 1. The van der Waals surface area contributed by atoms with E-state index in [9.17, 15) is 28.6 Å². The molecule has 3 N–H and O–H groups in total. The van der Waals surface area contributed by atoms with Gasteiger partial charge in [0.25, 0.3) is 5.91 Å². The predicted octanol–water partition coefficient (Wildman–Crippen LogP) is 5.48. The molecular weight excluding hydrogens is 541 g/mol. The van der Waals surface area contributed by atoms with Gasteiger partial charge in [-0.1, -0.05) is 25.5 Å². The highest BCUT2D eigenvalue weighted by Crippen LogP contribution is 2.72. The van der Waals surface area contributed by atoms with Gasteiger partial charge in [-0.3, -0.25) is 14.9 Å². The summed E-state index contributed by atoms with van der Waals surface area (Å²) in [5.41, 5.74) is -4.63. The third-order valence-corrected chi connectivity index (χ3v) is 11.3. The van der Waals surface area contributed by atoms with Crippen molar-refractivity contribution in [2.45, 2.75) is 63.8 Å². The zero-order chi connectivity index (χ0) is 28.8. The number of allylic oxidation sites excluding steroid dienone is 4. The molecule has 1 amide bonds. The quantitative estimate of drug-likeness (QED) is 0.453. The maximum atomic E-state index is 17.4. The van der Waals surface area contributed by atoms with E-state index in [0.717, 1.165) is 29.5 Å². The number of carbonyl (C=O) groups is 2. The summed E-state index contributed by atoms with van der Waals surface area (Å²) in [5, 5.41) is 28.3.